The molecule has 0 bridgehead atoms. The van der Waals surface area contributed by atoms with E-state index in [0.29, 0.717) is 27.1 Å². The highest BCUT2D eigenvalue weighted by atomic mass is 35.5. The van der Waals surface area contributed by atoms with Crippen LogP contribution in [0, 0.1) is 6.92 Å². The first-order valence-electron chi connectivity index (χ1n) is 4.87. The molecule has 1 aromatic heterocycles. The molecule has 0 aliphatic carbocycles. The molecule has 2 aromatic rings. The van der Waals surface area contributed by atoms with Crippen molar-refractivity contribution in [2.45, 2.75) is 6.92 Å². The molecule has 86 valence electrons. The number of aryl methyl sites for hydroxylation is 1. The minimum absolute atomic E-state index is 0.200. The number of nitrogens with zero attached hydrogens (tertiary/aromatic N) is 2. The summed E-state index contributed by atoms with van der Waals surface area (Å²) < 4.78 is 0. The van der Waals surface area contributed by atoms with E-state index < -0.39 is 0 Å². The van der Waals surface area contributed by atoms with Crippen LogP contribution in [0.1, 0.15) is 21.9 Å². The van der Waals surface area contributed by atoms with Crippen LogP contribution in [-0.2, 0) is 0 Å². The lowest BCUT2D eigenvalue weighted by Gasteiger charge is -2.02. The van der Waals surface area contributed by atoms with Gasteiger partial charge < -0.3 is 0 Å². The minimum atomic E-state index is -0.200. The van der Waals surface area contributed by atoms with Crippen molar-refractivity contribution in [3.8, 4) is 0 Å². The number of benzene rings is 1. The number of carbonyl (C=O) groups is 1. The molecule has 0 amide bonds. The van der Waals surface area contributed by atoms with Gasteiger partial charge in [0, 0.05) is 11.8 Å². The van der Waals surface area contributed by atoms with Crippen molar-refractivity contribution >= 4 is 29.0 Å². The summed E-state index contributed by atoms with van der Waals surface area (Å²) in [6, 6.07) is 6.31. The van der Waals surface area contributed by atoms with Crippen LogP contribution in [0.4, 0.5) is 0 Å². The SMILES string of the molecule is Cc1nccc(C(=O)c2ccc(Cl)c(Cl)c2)n1. The van der Waals surface area contributed by atoms with Crippen LogP contribution >= 0.6 is 23.2 Å². The van der Waals surface area contributed by atoms with Gasteiger partial charge in [0.2, 0.25) is 5.78 Å². The molecule has 0 fully saturated rings. The Hall–Kier alpha value is -1.45. The molecule has 1 aromatic carbocycles. The van der Waals surface area contributed by atoms with Crippen LogP contribution in [-0.4, -0.2) is 15.8 Å². The molecule has 17 heavy (non-hydrogen) atoms. The third-order valence-electron chi connectivity index (χ3n) is 2.19. The molecule has 0 radical (unpaired) electrons. The first-order valence-corrected chi connectivity index (χ1v) is 5.63. The van der Waals surface area contributed by atoms with Crippen molar-refractivity contribution < 1.29 is 4.79 Å². The predicted octanol–water partition coefficient (Wildman–Crippen LogP) is 3.32. The highest BCUT2D eigenvalue weighted by molar-refractivity contribution is 6.42. The van der Waals surface area contributed by atoms with Gasteiger partial charge in [-0.15, -0.1) is 0 Å². The monoisotopic (exact) mass is 266 g/mol. The second-order valence-electron chi connectivity index (χ2n) is 3.45. The van der Waals surface area contributed by atoms with E-state index in [9.17, 15) is 4.79 Å². The number of aromatic nitrogens is 2. The minimum Gasteiger partial charge on any atom is -0.287 e. The smallest absolute Gasteiger partial charge is 0.211 e. The zero-order valence-electron chi connectivity index (χ0n) is 8.95. The summed E-state index contributed by atoms with van der Waals surface area (Å²) in [5, 5.41) is 0.769. The molecule has 3 nitrogen and oxygen atoms in total. The van der Waals surface area contributed by atoms with E-state index in [1.54, 1.807) is 31.3 Å². The third kappa shape index (κ3) is 2.62. The van der Waals surface area contributed by atoms with Crippen molar-refractivity contribution in [1.29, 1.82) is 0 Å². The van der Waals surface area contributed by atoms with Crippen molar-refractivity contribution in [3.05, 3.63) is 57.6 Å². The standard InChI is InChI=1S/C12H8Cl2N2O/c1-7-15-5-4-11(16-7)12(17)8-2-3-9(13)10(14)6-8/h2-6H,1H3. The Morgan fingerprint density at radius 1 is 1.18 bits per heavy atom. The summed E-state index contributed by atoms with van der Waals surface area (Å²) in [4.78, 5) is 20.1. The quantitative estimate of drug-likeness (QED) is 0.784. The maximum Gasteiger partial charge on any atom is 0.211 e. The fourth-order valence-corrected chi connectivity index (χ4v) is 1.67. The summed E-state index contributed by atoms with van der Waals surface area (Å²) in [6.07, 6.45) is 1.55. The number of hydrogen-bond donors (Lipinski definition) is 0. The number of rotatable bonds is 2. The maximum atomic E-state index is 12.1. The van der Waals surface area contributed by atoms with Crippen molar-refractivity contribution in [1.82, 2.24) is 9.97 Å². The molecular weight excluding hydrogens is 259 g/mol. The second kappa shape index (κ2) is 4.82. The topological polar surface area (TPSA) is 42.9 Å². The summed E-state index contributed by atoms with van der Waals surface area (Å²) >= 11 is 11.6. The van der Waals surface area contributed by atoms with Gasteiger partial charge in [0.05, 0.1) is 10.0 Å². The highest BCUT2D eigenvalue weighted by Gasteiger charge is 2.12. The van der Waals surface area contributed by atoms with Crippen molar-refractivity contribution in [2.24, 2.45) is 0 Å². The molecule has 0 aliphatic rings. The molecular formula is C12H8Cl2N2O. The van der Waals surface area contributed by atoms with E-state index in [2.05, 4.69) is 9.97 Å². The molecule has 0 saturated heterocycles. The number of ketones is 1. The van der Waals surface area contributed by atoms with Crippen molar-refractivity contribution in [2.75, 3.05) is 0 Å². The molecule has 0 unspecified atom stereocenters. The van der Waals surface area contributed by atoms with Crippen LogP contribution in [0.15, 0.2) is 30.5 Å². The van der Waals surface area contributed by atoms with E-state index in [-0.39, 0.29) is 5.78 Å². The highest BCUT2D eigenvalue weighted by Crippen LogP contribution is 2.23. The van der Waals surface area contributed by atoms with Crippen LogP contribution in [0.25, 0.3) is 0 Å². The van der Waals surface area contributed by atoms with Gasteiger partial charge in [-0.2, -0.15) is 0 Å². The Kier molecular flexibility index (Phi) is 3.41. The van der Waals surface area contributed by atoms with Crippen LogP contribution in [0.2, 0.25) is 10.0 Å². The van der Waals surface area contributed by atoms with Gasteiger partial charge in [0.25, 0.3) is 0 Å². The fraction of sp³-hybridized carbons (Fsp3) is 0.0833. The van der Waals surface area contributed by atoms with E-state index >= 15 is 0 Å². The lowest BCUT2D eigenvalue weighted by Crippen LogP contribution is -2.05. The molecule has 5 heteroatoms. The Morgan fingerprint density at radius 2 is 1.94 bits per heavy atom. The molecule has 2 rings (SSSR count). The summed E-state index contributed by atoms with van der Waals surface area (Å²) in [7, 11) is 0. The number of halogens is 2. The van der Waals surface area contributed by atoms with Gasteiger partial charge in [-0.25, -0.2) is 9.97 Å². The zero-order chi connectivity index (χ0) is 12.4. The summed E-state index contributed by atoms with van der Waals surface area (Å²) in [5.74, 6) is 0.352. The Balaban J connectivity index is 2.40. The van der Waals surface area contributed by atoms with Gasteiger partial charge in [-0.3, -0.25) is 4.79 Å². The second-order valence-corrected chi connectivity index (χ2v) is 4.26. The van der Waals surface area contributed by atoms with E-state index in [1.165, 1.54) is 6.07 Å². The number of hydrogen-bond acceptors (Lipinski definition) is 3. The predicted molar refractivity (Wildman–Crippen MR) is 66.7 cm³/mol. The molecule has 1 heterocycles. The summed E-state index contributed by atoms with van der Waals surface area (Å²) in [6.45, 7) is 1.73. The normalized spacial score (nSPS) is 10.3. The molecule has 0 N–H and O–H groups in total. The van der Waals surface area contributed by atoms with Crippen LogP contribution < -0.4 is 0 Å². The maximum absolute atomic E-state index is 12.1. The average molecular weight is 267 g/mol. The molecule has 0 aliphatic heterocycles. The van der Waals surface area contributed by atoms with Gasteiger partial charge in [0.15, 0.2) is 0 Å². The van der Waals surface area contributed by atoms with E-state index in [1.807, 2.05) is 0 Å². The van der Waals surface area contributed by atoms with Gasteiger partial charge in [-0.1, -0.05) is 23.2 Å². The Bertz CT molecular complexity index is 584. The zero-order valence-corrected chi connectivity index (χ0v) is 10.5. The van der Waals surface area contributed by atoms with Gasteiger partial charge in [0.1, 0.15) is 11.5 Å². The van der Waals surface area contributed by atoms with Crippen molar-refractivity contribution in [3.63, 3.8) is 0 Å². The average Bonchev–Trinajstić information content (AvgIpc) is 2.32. The fourth-order valence-electron chi connectivity index (χ4n) is 1.37. The van der Waals surface area contributed by atoms with Gasteiger partial charge >= 0.3 is 0 Å². The van der Waals surface area contributed by atoms with E-state index in [0.717, 1.165) is 0 Å². The lowest BCUT2D eigenvalue weighted by atomic mass is 10.1. The van der Waals surface area contributed by atoms with E-state index in [4.69, 9.17) is 23.2 Å². The lowest BCUT2D eigenvalue weighted by molar-refractivity contribution is 0.103. The summed E-state index contributed by atoms with van der Waals surface area (Å²) in [5.41, 5.74) is 0.799. The Labute approximate surface area is 108 Å². The molecule has 0 atom stereocenters. The Morgan fingerprint density at radius 3 is 2.59 bits per heavy atom. The largest absolute Gasteiger partial charge is 0.287 e. The molecule has 0 saturated carbocycles. The molecule has 0 spiro atoms. The van der Waals surface area contributed by atoms with Crippen LogP contribution in [0.3, 0.4) is 0 Å². The first-order chi connectivity index (χ1) is 8.08. The third-order valence-corrected chi connectivity index (χ3v) is 2.93. The number of carbonyl (C=O) groups excluding carboxylic acids is 1. The first kappa shape index (κ1) is 12.0. The van der Waals surface area contributed by atoms with Crippen LogP contribution in [0.5, 0.6) is 0 Å². The van der Waals surface area contributed by atoms with Gasteiger partial charge in [-0.05, 0) is 31.2 Å².